The van der Waals surface area contributed by atoms with Crippen molar-refractivity contribution in [1.82, 2.24) is 5.32 Å². The minimum Gasteiger partial charge on any atom is -0.376 e. The number of rotatable bonds is 3. The number of piperidine rings is 1. The molecule has 3 heteroatoms. The number of ether oxygens (including phenoxy) is 2. The van der Waals surface area contributed by atoms with E-state index in [4.69, 9.17) is 9.47 Å². The van der Waals surface area contributed by atoms with Gasteiger partial charge in [0.1, 0.15) is 0 Å². The van der Waals surface area contributed by atoms with Gasteiger partial charge in [-0.25, -0.2) is 0 Å². The molecule has 2 fully saturated rings. The summed E-state index contributed by atoms with van der Waals surface area (Å²) in [7, 11) is 0. The van der Waals surface area contributed by atoms with Gasteiger partial charge in [0.15, 0.2) is 0 Å². The SMILES string of the molecule is CC1CCC(OCC2CCCO2)CN1. The van der Waals surface area contributed by atoms with Crippen molar-refractivity contribution in [3.05, 3.63) is 0 Å². The van der Waals surface area contributed by atoms with Gasteiger partial charge in [0.2, 0.25) is 0 Å². The summed E-state index contributed by atoms with van der Waals surface area (Å²) >= 11 is 0. The predicted molar refractivity (Wildman–Crippen MR) is 55.4 cm³/mol. The summed E-state index contributed by atoms with van der Waals surface area (Å²) in [6.45, 7) is 4.96. The molecule has 2 saturated heterocycles. The number of hydrogen-bond acceptors (Lipinski definition) is 3. The molecule has 3 atom stereocenters. The van der Waals surface area contributed by atoms with E-state index in [1.54, 1.807) is 0 Å². The number of hydrogen-bond donors (Lipinski definition) is 1. The molecule has 82 valence electrons. The van der Waals surface area contributed by atoms with Crippen LogP contribution >= 0.6 is 0 Å². The van der Waals surface area contributed by atoms with Crippen LogP contribution in [0.4, 0.5) is 0 Å². The summed E-state index contributed by atoms with van der Waals surface area (Å²) < 4.78 is 11.3. The van der Waals surface area contributed by atoms with Gasteiger partial charge in [0.05, 0.1) is 18.8 Å². The van der Waals surface area contributed by atoms with Crippen molar-refractivity contribution in [1.29, 1.82) is 0 Å². The minimum absolute atomic E-state index is 0.370. The standard InChI is InChI=1S/C11H21NO2/c1-9-4-5-10(7-12-9)14-8-11-3-2-6-13-11/h9-12H,2-8H2,1H3. The van der Waals surface area contributed by atoms with Gasteiger partial charge in [-0.1, -0.05) is 0 Å². The van der Waals surface area contributed by atoms with E-state index < -0.39 is 0 Å². The van der Waals surface area contributed by atoms with Crippen LogP contribution in [0, 0.1) is 0 Å². The molecule has 0 radical (unpaired) electrons. The van der Waals surface area contributed by atoms with Crippen molar-refractivity contribution in [3.63, 3.8) is 0 Å². The maximum Gasteiger partial charge on any atom is 0.0809 e. The Bertz CT molecular complexity index is 161. The van der Waals surface area contributed by atoms with Gasteiger partial charge in [-0.2, -0.15) is 0 Å². The van der Waals surface area contributed by atoms with Gasteiger partial charge in [-0.15, -0.1) is 0 Å². The van der Waals surface area contributed by atoms with Crippen molar-refractivity contribution < 1.29 is 9.47 Å². The summed E-state index contributed by atoms with van der Waals surface area (Å²) in [6.07, 6.45) is 5.59. The molecule has 0 aromatic heterocycles. The summed E-state index contributed by atoms with van der Waals surface area (Å²) in [5.74, 6) is 0. The van der Waals surface area contributed by atoms with Crippen LogP contribution in [0.5, 0.6) is 0 Å². The Morgan fingerprint density at radius 1 is 1.36 bits per heavy atom. The van der Waals surface area contributed by atoms with Crippen LogP contribution in [0.1, 0.15) is 32.6 Å². The average molecular weight is 199 g/mol. The first-order valence-corrected chi connectivity index (χ1v) is 5.81. The second-order valence-electron chi connectivity index (χ2n) is 4.48. The lowest BCUT2D eigenvalue weighted by Crippen LogP contribution is -2.41. The zero-order valence-corrected chi connectivity index (χ0v) is 9.00. The summed E-state index contributed by atoms with van der Waals surface area (Å²) in [5.41, 5.74) is 0. The lowest BCUT2D eigenvalue weighted by Gasteiger charge is -2.28. The van der Waals surface area contributed by atoms with Gasteiger partial charge in [-0.3, -0.25) is 0 Å². The van der Waals surface area contributed by atoms with Crippen molar-refractivity contribution >= 4 is 0 Å². The summed E-state index contributed by atoms with van der Waals surface area (Å²) in [6, 6.07) is 0.664. The first-order valence-electron chi connectivity index (χ1n) is 5.81. The molecule has 1 N–H and O–H groups in total. The lowest BCUT2D eigenvalue weighted by atomic mass is 10.0. The normalized spacial score (nSPS) is 38.8. The Hall–Kier alpha value is -0.120. The molecule has 0 bridgehead atoms. The third-order valence-electron chi connectivity index (χ3n) is 3.16. The van der Waals surface area contributed by atoms with Crippen molar-refractivity contribution in [3.8, 4) is 0 Å². The highest BCUT2D eigenvalue weighted by Gasteiger charge is 2.21. The Morgan fingerprint density at radius 3 is 2.93 bits per heavy atom. The maximum absolute atomic E-state index is 5.83. The van der Waals surface area contributed by atoms with Gasteiger partial charge in [-0.05, 0) is 32.6 Å². The monoisotopic (exact) mass is 199 g/mol. The third kappa shape index (κ3) is 2.94. The van der Waals surface area contributed by atoms with Crippen molar-refractivity contribution in [2.75, 3.05) is 19.8 Å². The summed E-state index contributed by atoms with van der Waals surface area (Å²) in [4.78, 5) is 0. The smallest absolute Gasteiger partial charge is 0.0809 e. The van der Waals surface area contributed by atoms with E-state index in [0.717, 1.165) is 19.8 Å². The fourth-order valence-electron chi connectivity index (χ4n) is 2.13. The molecule has 3 nitrogen and oxygen atoms in total. The largest absolute Gasteiger partial charge is 0.376 e. The molecule has 0 amide bonds. The Balaban J connectivity index is 1.60. The highest BCUT2D eigenvalue weighted by molar-refractivity contribution is 4.75. The van der Waals surface area contributed by atoms with E-state index in [-0.39, 0.29) is 0 Å². The van der Waals surface area contributed by atoms with Crippen molar-refractivity contribution in [2.24, 2.45) is 0 Å². The molecule has 0 spiro atoms. The van der Waals surface area contributed by atoms with Gasteiger partial charge in [0.25, 0.3) is 0 Å². The van der Waals surface area contributed by atoms with E-state index in [2.05, 4.69) is 12.2 Å². The highest BCUT2D eigenvalue weighted by atomic mass is 16.5. The molecule has 2 aliphatic rings. The van der Waals surface area contributed by atoms with Crippen LogP contribution in [0.3, 0.4) is 0 Å². The highest BCUT2D eigenvalue weighted by Crippen LogP contribution is 2.15. The molecule has 14 heavy (non-hydrogen) atoms. The van der Waals surface area contributed by atoms with Crippen LogP contribution in [-0.4, -0.2) is 38.0 Å². The van der Waals surface area contributed by atoms with Gasteiger partial charge < -0.3 is 14.8 Å². The van der Waals surface area contributed by atoms with E-state index >= 15 is 0 Å². The number of nitrogens with one attached hydrogen (secondary N) is 1. The van der Waals surface area contributed by atoms with Crippen molar-refractivity contribution in [2.45, 2.75) is 50.9 Å². The molecule has 2 aliphatic heterocycles. The molecule has 2 heterocycles. The second kappa shape index (κ2) is 5.10. The first kappa shape index (κ1) is 10.4. The molecular formula is C11H21NO2. The Labute approximate surface area is 86.2 Å². The van der Waals surface area contributed by atoms with Gasteiger partial charge in [0, 0.05) is 19.2 Å². The maximum atomic E-state index is 5.83. The molecule has 3 unspecified atom stereocenters. The zero-order chi connectivity index (χ0) is 9.80. The van der Waals surface area contributed by atoms with Crippen LogP contribution in [-0.2, 0) is 9.47 Å². The van der Waals surface area contributed by atoms with E-state index in [1.165, 1.54) is 25.7 Å². The fraction of sp³-hybridized carbons (Fsp3) is 1.00. The minimum atomic E-state index is 0.370. The molecule has 0 saturated carbocycles. The third-order valence-corrected chi connectivity index (χ3v) is 3.16. The van der Waals surface area contributed by atoms with E-state index in [1.807, 2.05) is 0 Å². The van der Waals surface area contributed by atoms with Crippen LogP contribution in [0.15, 0.2) is 0 Å². The quantitative estimate of drug-likeness (QED) is 0.743. The lowest BCUT2D eigenvalue weighted by molar-refractivity contribution is -0.0303. The molecule has 0 aromatic carbocycles. The second-order valence-corrected chi connectivity index (χ2v) is 4.48. The predicted octanol–water partition coefficient (Wildman–Crippen LogP) is 1.32. The van der Waals surface area contributed by atoms with Gasteiger partial charge >= 0.3 is 0 Å². The molecular weight excluding hydrogens is 178 g/mol. The average Bonchev–Trinajstić information content (AvgIpc) is 2.70. The fourth-order valence-corrected chi connectivity index (χ4v) is 2.13. The Morgan fingerprint density at radius 2 is 2.29 bits per heavy atom. The topological polar surface area (TPSA) is 30.5 Å². The zero-order valence-electron chi connectivity index (χ0n) is 9.00. The molecule has 0 aromatic rings. The van der Waals surface area contributed by atoms with Crippen LogP contribution in [0.2, 0.25) is 0 Å². The molecule has 0 aliphatic carbocycles. The van der Waals surface area contributed by atoms with E-state index in [0.29, 0.717) is 18.2 Å². The summed E-state index contributed by atoms with van der Waals surface area (Å²) in [5, 5.41) is 3.44. The first-order chi connectivity index (χ1) is 6.84. The Kier molecular flexibility index (Phi) is 3.79. The van der Waals surface area contributed by atoms with Crippen LogP contribution < -0.4 is 5.32 Å². The van der Waals surface area contributed by atoms with E-state index in [9.17, 15) is 0 Å². The van der Waals surface area contributed by atoms with Crippen LogP contribution in [0.25, 0.3) is 0 Å². The molecule has 2 rings (SSSR count).